The van der Waals surface area contributed by atoms with E-state index in [4.69, 9.17) is 0 Å². The van der Waals surface area contributed by atoms with Crippen molar-refractivity contribution >= 4 is 0 Å². The van der Waals surface area contributed by atoms with E-state index in [1.807, 2.05) is 17.9 Å². The summed E-state index contributed by atoms with van der Waals surface area (Å²) >= 11 is 0. The minimum atomic E-state index is 0.454. The normalized spacial score (nSPS) is 22.0. The van der Waals surface area contributed by atoms with Crippen LogP contribution in [0.3, 0.4) is 0 Å². The number of likely N-dealkylation sites (tertiary alicyclic amines) is 1. The first-order valence-corrected chi connectivity index (χ1v) is 9.42. The Bertz CT molecular complexity index is 662. The third-order valence-electron chi connectivity index (χ3n) is 5.19. The number of hydrogen-bond donors (Lipinski definition) is 1. The molecule has 138 valence electrons. The zero-order valence-electron chi connectivity index (χ0n) is 15.9. The predicted octanol–water partition coefficient (Wildman–Crippen LogP) is 2.01. The van der Waals surface area contributed by atoms with Crippen molar-refractivity contribution < 1.29 is 0 Å². The average Bonchev–Trinajstić information content (AvgIpc) is 3.23. The molecule has 7 heteroatoms. The lowest BCUT2D eigenvalue weighted by molar-refractivity contribution is 0.0744. The molecule has 2 aromatic rings. The van der Waals surface area contributed by atoms with E-state index in [1.54, 1.807) is 0 Å². The van der Waals surface area contributed by atoms with Crippen LogP contribution < -0.4 is 0 Å². The molecule has 1 N–H and O–H groups in total. The number of H-pyrrole nitrogens is 1. The van der Waals surface area contributed by atoms with Crippen molar-refractivity contribution in [3.8, 4) is 0 Å². The van der Waals surface area contributed by atoms with Crippen LogP contribution in [0.15, 0.2) is 12.4 Å². The van der Waals surface area contributed by atoms with Gasteiger partial charge in [0.2, 0.25) is 0 Å². The van der Waals surface area contributed by atoms with Crippen molar-refractivity contribution in [2.75, 3.05) is 26.7 Å². The molecule has 0 radical (unpaired) electrons. The molecule has 1 fully saturated rings. The monoisotopic (exact) mass is 345 g/mol. The molecule has 1 saturated heterocycles. The molecular formula is C18H31N7. The highest BCUT2D eigenvalue weighted by Gasteiger charge is 2.33. The fourth-order valence-electron chi connectivity index (χ4n) is 4.06. The molecule has 7 nitrogen and oxygen atoms in total. The SMILES string of the molecule is CCc1n[nH]c(CN(C)C[C@@H]2CCCN(CC)[C@H]2c2cnn(C)c2)n1. The first-order valence-electron chi connectivity index (χ1n) is 9.42. The van der Waals surface area contributed by atoms with Gasteiger partial charge in [0.25, 0.3) is 0 Å². The smallest absolute Gasteiger partial charge is 0.150 e. The summed E-state index contributed by atoms with van der Waals surface area (Å²) in [5.74, 6) is 2.46. The van der Waals surface area contributed by atoms with Crippen LogP contribution in [0, 0.1) is 5.92 Å². The number of nitrogens with one attached hydrogen (secondary N) is 1. The van der Waals surface area contributed by atoms with Gasteiger partial charge >= 0.3 is 0 Å². The van der Waals surface area contributed by atoms with Gasteiger partial charge < -0.3 is 0 Å². The number of rotatable bonds is 7. The van der Waals surface area contributed by atoms with Gasteiger partial charge in [-0.15, -0.1) is 0 Å². The molecule has 1 aliphatic heterocycles. The van der Waals surface area contributed by atoms with Gasteiger partial charge in [-0.05, 0) is 38.9 Å². The molecule has 0 spiro atoms. The summed E-state index contributed by atoms with van der Waals surface area (Å²) in [7, 11) is 4.18. The molecule has 3 heterocycles. The molecule has 0 bridgehead atoms. The van der Waals surface area contributed by atoms with Gasteiger partial charge in [-0.3, -0.25) is 19.6 Å². The van der Waals surface area contributed by atoms with Crippen LogP contribution >= 0.6 is 0 Å². The van der Waals surface area contributed by atoms with E-state index >= 15 is 0 Å². The zero-order valence-corrected chi connectivity index (χ0v) is 15.9. The Morgan fingerprint density at radius 2 is 2.20 bits per heavy atom. The predicted molar refractivity (Wildman–Crippen MR) is 98.0 cm³/mol. The quantitative estimate of drug-likeness (QED) is 0.831. The second kappa shape index (κ2) is 8.10. The van der Waals surface area contributed by atoms with Crippen LogP contribution in [-0.2, 0) is 20.0 Å². The van der Waals surface area contributed by atoms with E-state index in [9.17, 15) is 0 Å². The Morgan fingerprint density at radius 1 is 1.36 bits per heavy atom. The molecule has 0 unspecified atom stereocenters. The number of aromatic amines is 1. The molecule has 2 aromatic heterocycles. The molecule has 0 amide bonds. The Kier molecular flexibility index (Phi) is 5.86. The van der Waals surface area contributed by atoms with Crippen molar-refractivity contribution in [2.24, 2.45) is 13.0 Å². The van der Waals surface area contributed by atoms with E-state index < -0.39 is 0 Å². The molecule has 3 rings (SSSR count). The minimum absolute atomic E-state index is 0.454. The summed E-state index contributed by atoms with van der Waals surface area (Å²) in [5, 5.41) is 11.7. The van der Waals surface area contributed by atoms with Gasteiger partial charge in [0.1, 0.15) is 11.6 Å². The van der Waals surface area contributed by atoms with Crippen LogP contribution in [0.4, 0.5) is 0 Å². The van der Waals surface area contributed by atoms with Gasteiger partial charge in [-0.2, -0.15) is 10.2 Å². The third kappa shape index (κ3) is 4.27. The minimum Gasteiger partial charge on any atom is -0.299 e. The van der Waals surface area contributed by atoms with Gasteiger partial charge in [-0.1, -0.05) is 13.8 Å². The summed E-state index contributed by atoms with van der Waals surface area (Å²) in [4.78, 5) is 9.51. The second-order valence-corrected chi connectivity index (χ2v) is 7.17. The highest BCUT2D eigenvalue weighted by atomic mass is 15.3. The van der Waals surface area contributed by atoms with Crippen LogP contribution in [0.2, 0.25) is 0 Å². The number of nitrogens with zero attached hydrogens (tertiary/aromatic N) is 6. The average molecular weight is 345 g/mol. The molecule has 2 atom stereocenters. The van der Waals surface area contributed by atoms with Gasteiger partial charge in [0, 0.05) is 37.8 Å². The number of aromatic nitrogens is 5. The molecule has 25 heavy (non-hydrogen) atoms. The van der Waals surface area contributed by atoms with Gasteiger partial charge in [-0.25, -0.2) is 4.98 Å². The third-order valence-corrected chi connectivity index (χ3v) is 5.19. The molecular weight excluding hydrogens is 314 g/mol. The summed E-state index contributed by atoms with van der Waals surface area (Å²) in [6.45, 7) is 8.47. The Labute approximate surface area is 150 Å². The summed E-state index contributed by atoms with van der Waals surface area (Å²) < 4.78 is 1.92. The fourth-order valence-corrected chi connectivity index (χ4v) is 4.06. The Balaban J connectivity index is 1.69. The van der Waals surface area contributed by atoms with Crippen molar-refractivity contribution in [3.63, 3.8) is 0 Å². The number of aryl methyl sites for hydroxylation is 2. The maximum atomic E-state index is 4.54. The largest absolute Gasteiger partial charge is 0.299 e. The molecule has 0 aliphatic carbocycles. The Morgan fingerprint density at radius 3 is 2.84 bits per heavy atom. The second-order valence-electron chi connectivity index (χ2n) is 7.17. The number of hydrogen-bond acceptors (Lipinski definition) is 5. The Hall–Kier alpha value is -1.73. The lowest BCUT2D eigenvalue weighted by Gasteiger charge is -2.42. The molecule has 0 aromatic carbocycles. The van der Waals surface area contributed by atoms with Crippen molar-refractivity contribution in [1.29, 1.82) is 0 Å². The van der Waals surface area contributed by atoms with Crippen LogP contribution in [-0.4, -0.2) is 61.4 Å². The van der Waals surface area contributed by atoms with Gasteiger partial charge in [0.15, 0.2) is 0 Å². The van der Waals surface area contributed by atoms with E-state index in [0.29, 0.717) is 12.0 Å². The van der Waals surface area contributed by atoms with Crippen molar-refractivity contribution in [1.82, 2.24) is 34.8 Å². The lowest BCUT2D eigenvalue weighted by atomic mass is 9.85. The standard InChI is InChI=1S/C18H31N7/c1-5-16-20-17(22-21-16)13-23(3)11-14-8-7-9-25(6-2)18(14)15-10-19-24(4)12-15/h10,12,14,18H,5-9,11,13H2,1-4H3,(H,20,21,22)/t14-,18+/m0/s1. The van der Waals surface area contributed by atoms with Crippen molar-refractivity contribution in [2.45, 2.75) is 45.7 Å². The highest BCUT2D eigenvalue weighted by molar-refractivity contribution is 5.13. The van der Waals surface area contributed by atoms with Crippen molar-refractivity contribution in [3.05, 3.63) is 29.6 Å². The highest BCUT2D eigenvalue weighted by Crippen LogP contribution is 2.36. The first kappa shape index (κ1) is 18.1. The lowest BCUT2D eigenvalue weighted by Crippen LogP contribution is -2.42. The summed E-state index contributed by atoms with van der Waals surface area (Å²) in [6.07, 6.45) is 7.62. The molecule has 1 aliphatic rings. The van der Waals surface area contributed by atoms with Gasteiger partial charge in [0.05, 0.1) is 12.7 Å². The fraction of sp³-hybridized carbons (Fsp3) is 0.722. The summed E-state index contributed by atoms with van der Waals surface area (Å²) in [5.41, 5.74) is 1.34. The summed E-state index contributed by atoms with van der Waals surface area (Å²) in [6, 6.07) is 0.454. The van der Waals surface area contributed by atoms with E-state index in [2.05, 4.69) is 57.2 Å². The van der Waals surface area contributed by atoms with Crippen LogP contribution in [0.25, 0.3) is 0 Å². The maximum absolute atomic E-state index is 4.54. The van der Waals surface area contributed by atoms with E-state index in [1.165, 1.54) is 24.9 Å². The molecule has 0 saturated carbocycles. The van der Waals surface area contributed by atoms with Crippen LogP contribution in [0.1, 0.15) is 49.9 Å². The zero-order chi connectivity index (χ0) is 17.8. The maximum Gasteiger partial charge on any atom is 0.150 e. The van der Waals surface area contributed by atoms with E-state index in [0.717, 1.165) is 37.7 Å². The van der Waals surface area contributed by atoms with Crippen LogP contribution in [0.5, 0.6) is 0 Å². The first-order chi connectivity index (χ1) is 12.1. The number of piperidine rings is 1. The van der Waals surface area contributed by atoms with E-state index in [-0.39, 0.29) is 0 Å². The topological polar surface area (TPSA) is 65.9 Å².